The Bertz CT molecular complexity index is 449. The van der Waals surface area contributed by atoms with E-state index in [9.17, 15) is 0 Å². The molecule has 0 bridgehead atoms. The van der Waals surface area contributed by atoms with E-state index >= 15 is 0 Å². The molecule has 0 spiro atoms. The van der Waals surface area contributed by atoms with Crippen LogP contribution in [-0.2, 0) is 13.0 Å². The Morgan fingerprint density at radius 1 is 1.33 bits per heavy atom. The third-order valence-corrected chi connectivity index (χ3v) is 1.93. The lowest BCUT2D eigenvalue weighted by Crippen LogP contribution is -2.07. The molecule has 78 valence electrons. The highest BCUT2D eigenvalue weighted by atomic mass is 15.5. The van der Waals surface area contributed by atoms with Crippen molar-refractivity contribution in [2.45, 2.75) is 19.9 Å². The average molecular weight is 204 g/mol. The number of aryl methyl sites for hydroxylation is 3. The van der Waals surface area contributed by atoms with Gasteiger partial charge in [0.1, 0.15) is 0 Å². The third-order valence-electron chi connectivity index (χ3n) is 1.93. The van der Waals surface area contributed by atoms with E-state index in [0.717, 1.165) is 17.8 Å². The molecule has 2 aromatic rings. The standard InChI is InChI=1S/C9H12N6/c1-7-4-11-5-8(13-7)2-3-15-12-6-9(10)14-15/h4-6H,2-3H2,1H3,(H2,10,14). The molecule has 0 amide bonds. The number of aromatic nitrogens is 5. The molecule has 0 aliphatic carbocycles. The number of hydrogen-bond donors (Lipinski definition) is 1. The Morgan fingerprint density at radius 2 is 2.20 bits per heavy atom. The van der Waals surface area contributed by atoms with Gasteiger partial charge < -0.3 is 5.73 Å². The summed E-state index contributed by atoms with van der Waals surface area (Å²) in [7, 11) is 0. The Morgan fingerprint density at radius 3 is 2.87 bits per heavy atom. The van der Waals surface area contributed by atoms with E-state index in [1.807, 2.05) is 6.92 Å². The van der Waals surface area contributed by atoms with Crippen molar-refractivity contribution in [2.24, 2.45) is 0 Å². The predicted octanol–water partition coefficient (Wildman–Crippen LogP) is 0.201. The van der Waals surface area contributed by atoms with Gasteiger partial charge >= 0.3 is 0 Å². The van der Waals surface area contributed by atoms with Gasteiger partial charge in [0.25, 0.3) is 0 Å². The number of anilines is 1. The Balaban J connectivity index is 1.99. The molecule has 2 aromatic heterocycles. The molecule has 2 rings (SSSR count). The monoisotopic (exact) mass is 204 g/mol. The summed E-state index contributed by atoms with van der Waals surface area (Å²) < 4.78 is 0. The van der Waals surface area contributed by atoms with Gasteiger partial charge in [0.2, 0.25) is 0 Å². The lowest BCUT2D eigenvalue weighted by atomic mass is 10.3. The summed E-state index contributed by atoms with van der Waals surface area (Å²) in [5.74, 6) is 0.435. The Kier molecular flexibility index (Phi) is 2.57. The number of nitrogens with zero attached hydrogens (tertiary/aromatic N) is 5. The topological polar surface area (TPSA) is 82.5 Å². The highest BCUT2D eigenvalue weighted by Crippen LogP contribution is 1.98. The summed E-state index contributed by atoms with van der Waals surface area (Å²) in [5, 5.41) is 7.97. The van der Waals surface area contributed by atoms with Crippen LogP contribution in [0.5, 0.6) is 0 Å². The minimum atomic E-state index is 0.435. The lowest BCUT2D eigenvalue weighted by Gasteiger charge is -2.00. The van der Waals surface area contributed by atoms with Crippen molar-refractivity contribution in [1.82, 2.24) is 25.0 Å². The third kappa shape index (κ3) is 2.49. The zero-order valence-corrected chi connectivity index (χ0v) is 8.46. The first-order valence-corrected chi connectivity index (χ1v) is 4.67. The van der Waals surface area contributed by atoms with Crippen molar-refractivity contribution in [3.8, 4) is 0 Å². The first-order chi connectivity index (χ1) is 7.24. The summed E-state index contributed by atoms with van der Waals surface area (Å²) in [4.78, 5) is 9.95. The summed E-state index contributed by atoms with van der Waals surface area (Å²) in [5.41, 5.74) is 7.30. The smallest absolute Gasteiger partial charge is 0.165 e. The second kappa shape index (κ2) is 4.04. The molecule has 0 saturated heterocycles. The fourth-order valence-electron chi connectivity index (χ4n) is 1.27. The quantitative estimate of drug-likeness (QED) is 0.772. The molecule has 0 saturated carbocycles. The van der Waals surface area contributed by atoms with E-state index in [1.54, 1.807) is 17.2 Å². The lowest BCUT2D eigenvalue weighted by molar-refractivity contribution is 0.533. The summed E-state index contributed by atoms with van der Waals surface area (Å²) in [6.07, 6.45) is 5.76. The summed E-state index contributed by atoms with van der Waals surface area (Å²) in [6.45, 7) is 2.58. The molecule has 0 aromatic carbocycles. The van der Waals surface area contributed by atoms with Gasteiger partial charge in [0.15, 0.2) is 5.82 Å². The minimum Gasteiger partial charge on any atom is -0.381 e. The van der Waals surface area contributed by atoms with Gasteiger partial charge in [0.05, 0.1) is 24.1 Å². The Labute approximate surface area is 87.2 Å². The maximum atomic E-state index is 5.45. The van der Waals surface area contributed by atoms with E-state index in [1.165, 1.54) is 6.20 Å². The van der Waals surface area contributed by atoms with E-state index in [0.29, 0.717) is 12.4 Å². The zero-order chi connectivity index (χ0) is 10.7. The number of nitrogen functional groups attached to an aromatic ring is 1. The number of hydrogen-bond acceptors (Lipinski definition) is 5. The summed E-state index contributed by atoms with van der Waals surface area (Å²) >= 11 is 0. The van der Waals surface area contributed by atoms with Crippen LogP contribution in [0.4, 0.5) is 5.82 Å². The van der Waals surface area contributed by atoms with Crippen molar-refractivity contribution >= 4 is 5.82 Å². The molecule has 6 nitrogen and oxygen atoms in total. The van der Waals surface area contributed by atoms with Gasteiger partial charge in [-0.25, -0.2) is 0 Å². The molecule has 0 atom stereocenters. The van der Waals surface area contributed by atoms with E-state index < -0.39 is 0 Å². The van der Waals surface area contributed by atoms with Gasteiger partial charge in [-0.3, -0.25) is 9.97 Å². The normalized spacial score (nSPS) is 10.5. The minimum absolute atomic E-state index is 0.435. The van der Waals surface area contributed by atoms with Crippen LogP contribution >= 0.6 is 0 Å². The highest BCUT2D eigenvalue weighted by molar-refractivity contribution is 5.19. The van der Waals surface area contributed by atoms with Gasteiger partial charge in [-0.15, -0.1) is 5.10 Å². The van der Waals surface area contributed by atoms with Crippen LogP contribution in [0, 0.1) is 6.92 Å². The maximum Gasteiger partial charge on any atom is 0.165 e. The van der Waals surface area contributed by atoms with Crippen LogP contribution in [0.3, 0.4) is 0 Å². The first kappa shape index (κ1) is 9.57. The van der Waals surface area contributed by atoms with Crippen LogP contribution < -0.4 is 5.73 Å². The average Bonchev–Trinajstić information content (AvgIpc) is 2.62. The first-order valence-electron chi connectivity index (χ1n) is 4.67. The van der Waals surface area contributed by atoms with Crippen LogP contribution in [0.1, 0.15) is 11.4 Å². The van der Waals surface area contributed by atoms with Crippen molar-refractivity contribution in [1.29, 1.82) is 0 Å². The van der Waals surface area contributed by atoms with E-state index in [4.69, 9.17) is 5.73 Å². The summed E-state index contributed by atoms with van der Waals surface area (Å²) in [6, 6.07) is 0. The molecular weight excluding hydrogens is 192 g/mol. The molecule has 0 aliphatic rings. The molecule has 0 unspecified atom stereocenters. The van der Waals surface area contributed by atoms with E-state index in [-0.39, 0.29) is 0 Å². The molecule has 2 N–H and O–H groups in total. The Hall–Kier alpha value is -1.98. The highest BCUT2D eigenvalue weighted by Gasteiger charge is 1.99. The second-order valence-corrected chi connectivity index (χ2v) is 3.27. The van der Waals surface area contributed by atoms with Crippen LogP contribution in [0.25, 0.3) is 0 Å². The zero-order valence-electron chi connectivity index (χ0n) is 8.46. The van der Waals surface area contributed by atoms with Crippen molar-refractivity contribution in [3.05, 3.63) is 30.0 Å². The van der Waals surface area contributed by atoms with Crippen molar-refractivity contribution in [3.63, 3.8) is 0 Å². The van der Waals surface area contributed by atoms with Crippen molar-refractivity contribution in [2.75, 3.05) is 5.73 Å². The van der Waals surface area contributed by atoms with Gasteiger partial charge in [0, 0.05) is 18.8 Å². The second-order valence-electron chi connectivity index (χ2n) is 3.27. The van der Waals surface area contributed by atoms with Gasteiger partial charge in [-0.2, -0.15) is 9.90 Å². The van der Waals surface area contributed by atoms with Crippen molar-refractivity contribution < 1.29 is 0 Å². The fourth-order valence-corrected chi connectivity index (χ4v) is 1.27. The molecular formula is C9H12N6. The molecule has 6 heteroatoms. The predicted molar refractivity (Wildman–Crippen MR) is 54.9 cm³/mol. The number of nitrogens with two attached hydrogens (primary N) is 1. The van der Waals surface area contributed by atoms with Gasteiger partial charge in [-0.05, 0) is 6.92 Å². The molecule has 0 fully saturated rings. The van der Waals surface area contributed by atoms with E-state index in [2.05, 4.69) is 20.2 Å². The van der Waals surface area contributed by atoms with Crippen LogP contribution in [-0.4, -0.2) is 25.0 Å². The molecule has 0 radical (unpaired) electrons. The SMILES string of the molecule is Cc1cncc(CCn2ncc(N)n2)n1. The van der Waals surface area contributed by atoms with Crippen LogP contribution in [0.15, 0.2) is 18.6 Å². The fraction of sp³-hybridized carbons (Fsp3) is 0.333. The van der Waals surface area contributed by atoms with Gasteiger partial charge in [-0.1, -0.05) is 0 Å². The molecule has 15 heavy (non-hydrogen) atoms. The maximum absolute atomic E-state index is 5.45. The molecule has 0 aliphatic heterocycles. The largest absolute Gasteiger partial charge is 0.381 e. The number of rotatable bonds is 3. The van der Waals surface area contributed by atoms with Crippen LogP contribution in [0.2, 0.25) is 0 Å². The molecule has 2 heterocycles.